The summed E-state index contributed by atoms with van der Waals surface area (Å²) in [6.45, 7) is -0.468. The van der Waals surface area contributed by atoms with Crippen LogP contribution in [-0.4, -0.2) is 28.4 Å². The maximum Gasteiger partial charge on any atom is 0.423 e. The van der Waals surface area contributed by atoms with Crippen molar-refractivity contribution in [3.8, 4) is 0 Å². The zero-order valence-corrected chi connectivity index (χ0v) is 6.26. The second-order valence-electron chi connectivity index (χ2n) is 2.37. The number of alkyl halides is 3. The lowest BCUT2D eigenvalue weighted by Crippen LogP contribution is -2.50. The fourth-order valence-corrected chi connectivity index (χ4v) is 0.615. The number of hydrogen-bond acceptors (Lipinski definition) is 3. The van der Waals surface area contributed by atoms with Crippen LogP contribution in [0, 0.1) is 10.1 Å². The van der Waals surface area contributed by atoms with Gasteiger partial charge in [-0.3, -0.25) is 10.1 Å². The Balaban J connectivity index is 4.56. The standard InChI is InChI=1S/C5H8F3NO3/c1-2-4(10,3-9(11)12)5(6,7)8/h10H,2-3H2,1H3/t4-/m0/s1. The molecule has 0 fully saturated rings. The third kappa shape index (κ3) is 2.33. The Morgan fingerprint density at radius 3 is 2.00 bits per heavy atom. The van der Waals surface area contributed by atoms with Gasteiger partial charge in [0.15, 0.2) is 0 Å². The zero-order valence-electron chi connectivity index (χ0n) is 6.26. The van der Waals surface area contributed by atoms with Gasteiger partial charge in [-0.25, -0.2) is 0 Å². The quantitative estimate of drug-likeness (QED) is 0.528. The molecule has 0 saturated carbocycles. The van der Waals surface area contributed by atoms with Crippen LogP contribution in [0.4, 0.5) is 13.2 Å². The highest BCUT2D eigenvalue weighted by Gasteiger charge is 2.56. The van der Waals surface area contributed by atoms with Gasteiger partial charge in [0.2, 0.25) is 12.1 Å². The number of halogens is 3. The topological polar surface area (TPSA) is 63.4 Å². The average molecular weight is 187 g/mol. The number of rotatable bonds is 3. The van der Waals surface area contributed by atoms with Gasteiger partial charge in [-0.1, -0.05) is 6.92 Å². The van der Waals surface area contributed by atoms with Crippen LogP contribution in [0.25, 0.3) is 0 Å². The van der Waals surface area contributed by atoms with Crippen LogP contribution < -0.4 is 0 Å². The van der Waals surface area contributed by atoms with Gasteiger partial charge in [-0.15, -0.1) is 0 Å². The molecule has 7 heteroatoms. The molecule has 0 radical (unpaired) electrons. The lowest BCUT2D eigenvalue weighted by Gasteiger charge is -2.24. The molecule has 0 bridgehead atoms. The van der Waals surface area contributed by atoms with Gasteiger partial charge in [0.05, 0.1) is 0 Å². The van der Waals surface area contributed by atoms with E-state index >= 15 is 0 Å². The summed E-state index contributed by atoms with van der Waals surface area (Å²) in [5, 5.41) is 18.5. The predicted octanol–water partition coefficient (Wildman–Crippen LogP) is 0.967. The van der Waals surface area contributed by atoms with Crippen molar-refractivity contribution in [2.75, 3.05) is 6.54 Å². The van der Waals surface area contributed by atoms with Crippen molar-refractivity contribution in [1.29, 1.82) is 0 Å². The molecule has 0 aliphatic carbocycles. The Kier molecular flexibility index (Phi) is 3.03. The summed E-state index contributed by atoms with van der Waals surface area (Å²) < 4.78 is 35.7. The molecule has 0 aromatic heterocycles. The van der Waals surface area contributed by atoms with Gasteiger partial charge in [-0.05, 0) is 6.42 Å². The Bertz CT molecular complexity index is 181. The van der Waals surface area contributed by atoms with Crippen molar-refractivity contribution >= 4 is 0 Å². The third-order valence-electron chi connectivity index (χ3n) is 1.50. The smallest absolute Gasteiger partial charge is 0.375 e. The van der Waals surface area contributed by atoms with Crippen LogP contribution in [0.1, 0.15) is 13.3 Å². The Morgan fingerprint density at radius 1 is 1.50 bits per heavy atom. The molecule has 0 saturated heterocycles. The Labute approximate surface area is 66.1 Å². The maximum absolute atomic E-state index is 11.9. The van der Waals surface area contributed by atoms with Gasteiger partial charge < -0.3 is 5.11 Å². The molecular formula is C5H8F3NO3. The molecule has 0 rings (SSSR count). The van der Waals surface area contributed by atoms with E-state index in [1.807, 2.05) is 0 Å². The molecule has 12 heavy (non-hydrogen) atoms. The first kappa shape index (κ1) is 11.2. The summed E-state index contributed by atoms with van der Waals surface area (Å²) in [5.41, 5.74) is -3.20. The first-order valence-electron chi connectivity index (χ1n) is 3.14. The summed E-state index contributed by atoms with van der Waals surface area (Å²) in [5.74, 6) is 0. The molecule has 0 aromatic carbocycles. The molecule has 0 unspecified atom stereocenters. The first-order chi connectivity index (χ1) is 5.23. The first-order valence-corrected chi connectivity index (χ1v) is 3.14. The molecule has 0 aliphatic rings. The summed E-state index contributed by atoms with van der Waals surface area (Å²) in [6, 6.07) is 0. The predicted molar refractivity (Wildman–Crippen MR) is 33.2 cm³/mol. The highest BCUT2D eigenvalue weighted by molar-refractivity contribution is 4.84. The highest BCUT2D eigenvalue weighted by Crippen LogP contribution is 2.32. The number of hydrogen-bond donors (Lipinski definition) is 1. The van der Waals surface area contributed by atoms with E-state index in [0.717, 1.165) is 6.92 Å². The van der Waals surface area contributed by atoms with Gasteiger partial charge >= 0.3 is 6.18 Å². The summed E-state index contributed by atoms with van der Waals surface area (Å²) in [4.78, 5) is 8.58. The van der Waals surface area contributed by atoms with Crippen LogP contribution in [-0.2, 0) is 0 Å². The van der Waals surface area contributed by atoms with Gasteiger partial charge in [0, 0.05) is 4.92 Å². The largest absolute Gasteiger partial charge is 0.423 e. The molecule has 1 atom stereocenters. The van der Waals surface area contributed by atoms with E-state index in [4.69, 9.17) is 5.11 Å². The molecule has 0 aromatic rings. The fourth-order valence-electron chi connectivity index (χ4n) is 0.615. The van der Waals surface area contributed by atoms with Crippen LogP contribution >= 0.6 is 0 Å². The van der Waals surface area contributed by atoms with Gasteiger partial charge in [-0.2, -0.15) is 13.2 Å². The van der Waals surface area contributed by atoms with Crippen molar-refractivity contribution in [3.05, 3.63) is 10.1 Å². The van der Waals surface area contributed by atoms with Crippen LogP contribution in [0.2, 0.25) is 0 Å². The molecule has 0 aliphatic heterocycles. The van der Waals surface area contributed by atoms with Crippen molar-refractivity contribution in [3.63, 3.8) is 0 Å². The van der Waals surface area contributed by atoms with Crippen LogP contribution in [0.5, 0.6) is 0 Å². The second kappa shape index (κ2) is 3.26. The minimum Gasteiger partial charge on any atom is -0.375 e. The van der Waals surface area contributed by atoms with Gasteiger partial charge in [0.1, 0.15) is 0 Å². The highest BCUT2D eigenvalue weighted by atomic mass is 19.4. The Morgan fingerprint density at radius 2 is 1.92 bits per heavy atom. The van der Waals surface area contributed by atoms with E-state index in [1.165, 1.54) is 0 Å². The number of nitro groups is 1. The van der Waals surface area contributed by atoms with E-state index < -0.39 is 29.7 Å². The number of aliphatic hydroxyl groups is 1. The van der Waals surface area contributed by atoms with E-state index in [0.29, 0.717) is 0 Å². The minimum atomic E-state index is -4.95. The molecule has 0 amide bonds. The summed E-state index contributed by atoms with van der Waals surface area (Å²) >= 11 is 0. The SMILES string of the molecule is CC[C@](O)(C[N+](=O)[O-])C(F)(F)F. The lowest BCUT2D eigenvalue weighted by molar-refractivity contribution is -0.516. The van der Waals surface area contributed by atoms with E-state index in [-0.39, 0.29) is 0 Å². The molecule has 0 heterocycles. The third-order valence-corrected chi connectivity index (χ3v) is 1.50. The lowest BCUT2D eigenvalue weighted by atomic mass is 10.0. The van der Waals surface area contributed by atoms with Crippen molar-refractivity contribution in [1.82, 2.24) is 0 Å². The Hall–Kier alpha value is -0.850. The maximum atomic E-state index is 11.9. The molecule has 1 N–H and O–H groups in total. The molecule has 72 valence electrons. The van der Waals surface area contributed by atoms with Crippen LogP contribution in [0.15, 0.2) is 0 Å². The average Bonchev–Trinajstić information content (AvgIpc) is 1.83. The van der Waals surface area contributed by atoms with Gasteiger partial charge in [0.25, 0.3) is 0 Å². The molecule has 0 spiro atoms. The monoisotopic (exact) mass is 187 g/mol. The molecular weight excluding hydrogens is 179 g/mol. The summed E-state index contributed by atoms with van der Waals surface area (Å²) in [7, 11) is 0. The number of nitrogens with zero attached hydrogens (tertiary/aromatic N) is 1. The zero-order chi connectivity index (χ0) is 9.99. The van der Waals surface area contributed by atoms with Crippen molar-refractivity contribution < 1.29 is 23.2 Å². The fraction of sp³-hybridized carbons (Fsp3) is 1.00. The van der Waals surface area contributed by atoms with E-state index in [9.17, 15) is 23.3 Å². The second-order valence-corrected chi connectivity index (χ2v) is 2.37. The normalized spacial score (nSPS) is 17.1. The van der Waals surface area contributed by atoms with Crippen molar-refractivity contribution in [2.24, 2.45) is 0 Å². The van der Waals surface area contributed by atoms with E-state index in [1.54, 1.807) is 0 Å². The summed E-state index contributed by atoms with van der Waals surface area (Å²) in [6.07, 6.45) is -5.67. The van der Waals surface area contributed by atoms with E-state index in [2.05, 4.69) is 0 Å². The van der Waals surface area contributed by atoms with Crippen LogP contribution in [0.3, 0.4) is 0 Å². The minimum absolute atomic E-state index is 0.725. The molecule has 4 nitrogen and oxygen atoms in total. The van der Waals surface area contributed by atoms with Crippen molar-refractivity contribution in [2.45, 2.75) is 25.1 Å².